The van der Waals surface area contributed by atoms with E-state index in [2.05, 4.69) is 10.4 Å². The molecule has 1 heterocycles. The van der Waals surface area contributed by atoms with E-state index in [9.17, 15) is 4.79 Å². The van der Waals surface area contributed by atoms with Crippen LogP contribution in [0.15, 0.2) is 36.4 Å². The SMILES string of the molecule is Cc1cc(CNC(=O)Cc2ccccc2)nn1C. The number of hydrogen-bond donors (Lipinski definition) is 1. The predicted molar refractivity (Wildman–Crippen MR) is 69.9 cm³/mol. The van der Waals surface area contributed by atoms with Crippen molar-refractivity contribution < 1.29 is 4.79 Å². The third-order valence-electron chi connectivity index (χ3n) is 2.84. The van der Waals surface area contributed by atoms with Crippen LogP contribution in [0.1, 0.15) is 17.0 Å². The largest absolute Gasteiger partial charge is 0.350 e. The minimum Gasteiger partial charge on any atom is -0.350 e. The molecule has 1 amide bonds. The molecule has 1 aromatic heterocycles. The monoisotopic (exact) mass is 243 g/mol. The zero-order chi connectivity index (χ0) is 13.0. The van der Waals surface area contributed by atoms with E-state index in [1.807, 2.05) is 50.4 Å². The highest BCUT2D eigenvalue weighted by molar-refractivity contribution is 5.78. The Morgan fingerprint density at radius 3 is 2.67 bits per heavy atom. The topological polar surface area (TPSA) is 46.9 Å². The summed E-state index contributed by atoms with van der Waals surface area (Å²) >= 11 is 0. The fourth-order valence-electron chi connectivity index (χ4n) is 1.75. The van der Waals surface area contributed by atoms with E-state index in [0.29, 0.717) is 13.0 Å². The van der Waals surface area contributed by atoms with Gasteiger partial charge in [-0.1, -0.05) is 30.3 Å². The molecule has 0 saturated heterocycles. The molecule has 1 N–H and O–H groups in total. The van der Waals surface area contributed by atoms with Crippen molar-refractivity contribution in [3.8, 4) is 0 Å². The van der Waals surface area contributed by atoms with Gasteiger partial charge in [0.15, 0.2) is 0 Å². The maximum Gasteiger partial charge on any atom is 0.224 e. The van der Waals surface area contributed by atoms with E-state index in [4.69, 9.17) is 0 Å². The van der Waals surface area contributed by atoms with Crippen LogP contribution in [-0.4, -0.2) is 15.7 Å². The normalized spacial score (nSPS) is 10.3. The third kappa shape index (κ3) is 3.20. The Balaban J connectivity index is 1.85. The molecule has 0 spiro atoms. The zero-order valence-electron chi connectivity index (χ0n) is 10.7. The molecule has 0 aliphatic rings. The van der Waals surface area contributed by atoms with Crippen molar-refractivity contribution in [1.29, 1.82) is 0 Å². The van der Waals surface area contributed by atoms with Gasteiger partial charge in [0.2, 0.25) is 5.91 Å². The molecule has 0 aliphatic carbocycles. The Labute approximate surface area is 107 Å². The van der Waals surface area contributed by atoms with Crippen LogP contribution in [0.5, 0.6) is 0 Å². The van der Waals surface area contributed by atoms with Gasteiger partial charge in [0.1, 0.15) is 0 Å². The number of amides is 1. The highest BCUT2D eigenvalue weighted by Gasteiger charge is 2.05. The van der Waals surface area contributed by atoms with Gasteiger partial charge in [0, 0.05) is 12.7 Å². The number of aryl methyl sites for hydroxylation is 2. The second kappa shape index (κ2) is 5.49. The van der Waals surface area contributed by atoms with Gasteiger partial charge in [-0.05, 0) is 18.6 Å². The molecule has 0 saturated carbocycles. The molecule has 0 fully saturated rings. The van der Waals surface area contributed by atoms with Gasteiger partial charge in [-0.25, -0.2) is 0 Å². The summed E-state index contributed by atoms with van der Waals surface area (Å²) in [7, 11) is 1.89. The summed E-state index contributed by atoms with van der Waals surface area (Å²) in [5, 5.41) is 7.16. The summed E-state index contributed by atoms with van der Waals surface area (Å²) in [6.45, 7) is 2.47. The van der Waals surface area contributed by atoms with Crippen molar-refractivity contribution in [2.75, 3.05) is 0 Å². The number of carbonyl (C=O) groups excluding carboxylic acids is 1. The second-order valence-electron chi connectivity index (χ2n) is 4.34. The van der Waals surface area contributed by atoms with E-state index in [1.54, 1.807) is 4.68 Å². The molecule has 0 unspecified atom stereocenters. The van der Waals surface area contributed by atoms with Crippen LogP contribution in [0.3, 0.4) is 0 Å². The maximum atomic E-state index is 11.7. The minimum absolute atomic E-state index is 0.0181. The lowest BCUT2D eigenvalue weighted by molar-refractivity contribution is -0.120. The van der Waals surface area contributed by atoms with Gasteiger partial charge in [-0.3, -0.25) is 9.48 Å². The number of carbonyl (C=O) groups is 1. The number of nitrogens with one attached hydrogen (secondary N) is 1. The van der Waals surface area contributed by atoms with Crippen LogP contribution in [0.4, 0.5) is 0 Å². The molecule has 1 aromatic carbocycles. The highest BCUT2D eigenvalue weighted by Crippen LogP contribution is 2.02. The number of benzene rings is 1. The molecular weight excluding hydrogens is 226 g/mol. The Kier molecular flexibility index (Phi) is 3.77. The molecule has 0 atom stereocenters. The van der Waals surface area contributed by atoms with Gasteiger partial charge >= 0.3 is 0 Å². The van der Waals surface area contributed by atoms with Crippen LogP contribution < -0.4 is 5.32 Å². The highest BCUT2D eigenvalue weighted by atomic mass is 16.1. The first-order valence-corrected chi connectivity index (χ1v) is 5.95. The van der Waals surface area contributed by atoms with E-state index in [1.165, 1.54) is 0 Å². The van der Waals surface area contributed by atoms with Crippen molar-refractivity contribution in [2.24, 2.45) is 7.05 Å². The quantitative estimate of drug-likeness (QED) is 0.886. The molecule has 94 valence electrons. The summed E-state index contributed by atoms with van der Waals surface area (Å²) in [4.78, 5) is 11.7. The Morgan fingerprint density at radius 2 is 2.06 bits per heavy atom. The lowest BCUT2D eigenvalue weighted by Gasteiger charge is -2.03. The predicted octanol–water partition coefficient (Wildman–Crippen LogP) is 1.59. The average Bonchev–Trinajstić information content (AvgIpc) is 2.68. The van der Waals surface area contributed by atoms with Crippen LogP contribution >= 0.6 is 0 Å². The Hall–Kier alpha value is -2.10. The standard InChI is InChI=1S/C14H17N3O/c1-11-8-13(16-17(11)2)10-15-14(18)9-12-6-4-3-5-7-12/h3-8H,9-10H2,1-2H3,(H,15,18). The van der Waals surface area contributed by atoms with Crippen LogP contribution in [0.2, 0.25) is 0 Å². The summed E-state index contributed by atoms with van der Waals surface area (Å²) in [6, 6.07) is 11.7. The molecule has 0 aliphatic heterocycles. The first-order valence-electron chi connectivity index (χ1n) is 5.95. The summed E-state index contributed by atoms with van der Waals surface area (Å²) < 4.78 is 1.80. The van der Waals surface area contributed by atoms with Crippen LogP contribution in [0.25, 0.3) is 0 Å². The second-order valence-corrected chi connectivity index (χ2v) is 4.34. The van der Waals surface area contributed by atoms with Crippen molar-refractivity contribution in [3.63, 3.8) is 0 Å². The number of rotatable bonds is 4. The van der Waals surface area contributed by atoms with Crippen LogP contribution in [0, 0.1) is 6.92 Å². The lowest BCUT2D eigenvalue weighted by Crippen LogP contribution is -2.24. The molecular formula is C14H17N3O. The molecule has 0 radical (unpaired) electrons. The average molecular weight is 243 g/mol. The van der Waals surface area contributed by atoms with Gasteiger partial charge in [-0.2, -0.15) is 5.10 Å². The van der Waals surface area contributed by atoms with Crippen LogP contribution in [-0.2, 0) is 24.8 Å². The fourth-order valence-corrected chi connectivity index (χ4v) is 1.75. The number of nitrogens with zero attached hydrogens (tertiary/aromatic N) is 2. The third-order valence-corrected chi connectivity index (χ3v) is 2.84. The summed E-state index contributed by atoms with van der Waals surface area (Å²) in [5.41, 5.74) is 2.99. The number of aromatic nitrogens is 2. The van der Waals surface area contributed by atoms with Crippen molar-refractivity contribution in [3.05, 3.63) is 53.3 Å². The Morgan fingerprint density at radius 1 is 1.33 bits per heavy atom. The van der Waals surface area contributed by atoms with Gasteiger partial charge < -0.3 is 5.32 Å². The molecule has 2 aromatic rings. The lowest BCUT2D eigenvalue weighted by atomic mass is 10.1. The first-order chi connectivity index (χ1) is 8.65. The fraction of sp³-hybridized carbons (Fsp3) is 0.286. The molecule has 18 heavy (non-hydrogen) atoms. The summed E-state index contributed by atoms with van der Waals surface area (Å²) in [5.74, 6) is 0.0181. The minimum atomic E-state index is 0.0181. The van der Waals surface area contributed by atoms with Gasteiger partial charge in [-0.15, -0.1) is 0 Å². The van der Waals surface area contributed by atoms with Crippen molar-refractivity contribution >= 4 is 5.91 Å². The molecule has 2 rings (SSSR count). The van der Waals surface area contributed by atoms with Gasteiger partial charge in [0.25, 0.3) is 0 Å². The van der Waals surface area contributed by atoms with E-state index >= 15 is 0 Å². The van der Waals surface area contributed by atoms with Crippen molar-refractivity contribution in [2.45, 2.75) is 19.9 Å². The maximum absolute atomic E-state index is 11.7. The molecule has 0 bridgehead atoms. The zero-order valence-corrected chi connectivity index (χ0v) is 10.7. The van der Waals surface area contributed by atoms with Crippen molar-refractivity contribution in [1.82, 2.24) is 15.1 Å². The van der Waals surface area contributed by atoms with Gasteiger partial charge in [0.05, 0.1) is 18.7 Å². The Bertz CT molecular complexity index is 512. The number of hydrogen-bond acceptors (Lipinski definition) is 2. The first kappa shape index (κ1) is 12.4. The molecule has 4 heteroatoms. The van der Waals surface area contributed by atoms with E-state index < -0.39 is 0 Å². The van der Waals surface area contributed by atoms with E-state index in [-0.39, 0.29) is 5.91 Å². The summed E-state index contributed by atoms with van der Waals surface area (Å²) in [6.07, 6.45) is 0.409. The molecule has 4 nitrogen and oxygen atoms in total. The smallest absolute Gasteiger partial charge is 0.224 e. The van der Waals surface area contributed by atoms with E-state index in [0.717, 1.165) is 17.0 Å².